The molecule has 32 heavy (non-hydrogen) atoms. The van der Waals surface area contributed by atoms with Crippen LogP contribution in [0.3, 0.4) is 0 Å². The van der Waals surface area contributed by atoms with Crippen LogP contribution in [0.5, 0.6) is 0 Å². The number of nitrogens with zero attached hydrogens (tertiary/aromatic N) is 2. The van der Waals surface area contributed by atoms with E-state index in [2.05, 4.69) is 15.6 Å². The highest BCUT2D eigenvalue weighted by Gasteiger charge is 2.23. The number of aromatic nitrogens is 2. The Morgan fingerprint density at radius 2 is 1.72 bits per heavy atom. The van der Waals surface area contributed by atoms with Crippen LogP contribution in [0.1, 0.15) is 45.1 Å². The first-order valence-electron chi connectivity index (χ1n) is 10.3. The fraction of sp³-hybridized carbons (Fsp3) is 0.160. The molecule has 1 amide bonds. The second-order valence-electron chi connectivity index (χ2n) is 7.71. The Morgan fingerprint density at radius 1 is 1.00 bits per heavy atom. The molecule has 3 N–H and O–H groups in total. The number of anilines is 2. The fourth-order valence-electron chi connectivity index (χ4n) is 3.79. The van der Waals surface area contributed by atoms with E-state index < -0.39 is 5.97 Å². The summed E-state index contributed by atoms with van der Waals surface area (Å²) in [5.74, 6) is -0.564. The van der Waals surface area contributed by atoms with Gasteiger partial charge in [-0.15, -0.1) is 0 Å². The minimum absolute atomic E-state index is 0.207. The number of nitrogens with one attached hydrogen (secondary N) is 2. The molecule has 2 heterocycles. The first kappa shape index (κ1) is 21.1. The Hall–Kier alpha value is -4.13. The van der Waals surface area contributed by atoms with Gasteiger partial charge in [0.05, 0.1) is 22.8 Å². The average Bonchev–Trinajstić information content (AvgIpc) is 3.05. The van der Waals surface area contributed by atoms with Crippen LogP contribution in [0.2, 0.25) is 0 Å². The van der Waals surface area contributed by atoms with Crippen LogP contribution in [-0.4, -0.2) is 26.5 Å². The number of fused-ring (bicyclic) bond motifs is 1. The zero-order valence-electron chi connectivity index (χ0n) is 18.1. The highest BCUT2D eigenvalue weighted by Crippen LogP contribution is 2.32. The zero-order valence-corrected chi connectivity index (χ0v) is 18.1. The van der Waals surface area contributed by atoms with E-state index in [0.717, 1.165) is 22.2 Å². The molecule has 0 aliphatic heterocycles. The average molecular weight is 428 g/mol. The monoisotopic (exact) mass is 428 g/mol. The standard InChI is InChI=1S/C25H24N4O3/c1-15-7-6-10-21(26-15)28-22-19-8-4-5-9-20(19)29(3)23(22)24(30)27-16(2)17-11-13-18(14-12-17)25(31)32/h4-14,16H,1-3H3,(H,26,28)(H,27,30)(H,31,32)/t16-/m0/s1. The van der Waals surface area contributed by atoms with E-state index in [1.54, 1.807) is 12.1 Å². The molecular formula is C25H24N4O3. The second-order valence-corrected chi connectivity index (χ2v) is 7.71. The van der Waals surface area contributed by atoms with Gasteiger partial charge in [0.2, 0.25) is 0 Å². The van der Waals surface area contributed by atoms with Gasteiger partial charge in [-0.25, -0.2) is 9.78 Å². The highest BCUT2D eigenvalue weighted by molar-refractivity contribution is 6.09. The molecule has 0 unspecified atom stereocenters. The molecule has 0 aliphatic carbocycles. The number of carboxylic acids is 1. The molecule has 4 aromatic rings. The first-order chi connectivity index (χ1) is 15.3. The smallest absolute Gasteiger partial charge is 0.335 e. The van der Waals surface area contributed by atoms with Gasteiger partial charge in [0.1, 0.15) is 11.5 Å². The van der Waals surface area contributed by atoms with Gasteiger partial charge in [-0.2, -0.15) is 0 Å². The van der Waals surface area contributed by atoms with E-state index in [-0.39, 0.29) is 17.5 Å². The van der Waals surface area contributed by atoms with Crippen LogP contribution in [0, 0.1) is 6.92 Å². The Kier molecular flexibility index (Phi) is 5.64. The van der Waals surface area contributed by atoms with Crippen LogP contribution >= 0.6 is 0 Å². The lowest BCUT2D eigenvalue weighted by Crippen LogP contribution is -2.29. The Morgan fingerprint density at radius 3 is 2.41 bits per heavy atom. The molecule has 0 fully saturated rings. The van der Waals surface area contributed by atoms with Crippen molar-refractivity contribution in [3.63, 3.8) is 0 Å². The molecule has 2 aromatic carbocycles. The Balaban J connectivity index is 1.68. The minimum atomic E-state index is -0.982. The maximum Gasteiger partial charge on any atom is 0.335 e. The molecule has 0 saturated carbocycles. The molecule has 0 aliphatic rings. The molecular weight excluding hydrogens is 404 g/mol. The topological polar surface area (TPSA) is 96.3 Å². The zero-order chi connectivity index (χ0) is 22.8. The maximum atomic E-state index is 13.4. The SMILES string of the molecule is Cc1cccc(Nc2c(C(=O)N[C@@H](C)c3ccc(C(=O)O)cc3)n(C)c3ccccc23)n1. The van der Waals surface area contributed by atoms with Gasteiger partial charge < -0.3 is 20.3 Å². The lowest BCUT2D eigenvalue weighted by atomic mass is 10.1. The summed E-state index contributed by atoms with van der Waals surface area (Å²) >= 11 is 0. The molecule has 0 saturated heterocycles. The lowest BCUT2D eigenvalue weighted by molar-refractivity contribution is 0.0696. The molecule has 4 rings (SSSR count). The van der Waals surface area contributed by atoms with Gasteiger partial charge >= 0.3 is 5.97 Å². The van der Waals surface area contributed by atoms with E-state index in [1.807, 2.05) is 67.9 Å². The summed E-state index contributed by atoms with van der Waals surface area (Å²) in [5.41, 5.74) is 4.00. The molecule has 162 valence electrons. The van der Waals surface area contributed by atoms with E-state index in [4.69, 9.17) is 5.11 Å². The van der Waals surface area contributed by atoms with Crippen molar-refractivity contribution in [3.05, 3.63) is 89.2 Å². The van der Waals surface area contributed by atoms with Crippen molar-refractivity contribution in [2.24, 2.45) is 7.05 Å². The number of amides is 1. The first-order valence-corrected chi connectivity index (χ1v) is 10.3. The molecule has 1 atom stereocenters. The lowest BCUT2D eigenvalue weighted by Gasteiger charge is -2.16. The van der Waals surface area contributed by atoms with E-state index >= 15 is 0 Å². The van der Waals surface area contributed by atoms with Crippen molar-refractivity contribution in [2.45, 2.75) is 19.9 Å². The number of carboxylic acid groups (broad SMARTS) is 1. The van der Waals surface area contributed by atoms with Gasteiger partial charge in [0, 0.05) is 18.1 Å². The predicted octanol–water partition coefficient (Wildman–Crippen LogP) is 4.81. The second kappa shape index (κ2) is 8.55. The molecule has 7 heteroatoms. The van der Waals surface area contributed by atoms with Crippen LogP contribution < -0.4 is 10.6 Å². The van der Waals surface area contributed by atoms with Crippen LogP contribution in [0.25, 0.3) is 10.9 Å². The third-order valence-corrected chi connectivity index (χ3v) is 5.47. The number of hydrogen-bond donors (Lipinski definition) is 3. The number of para-hydroxylation sites is 1. The summed E-state index contributed by atoms with van der Waals surface area (Å²) in [4.78, 5) is 29.0. The van der Waals surface area contributed by atoms with Crippen LogP contribution in [0.4, 0.5) is 11.5 Å². The Labute approximate surface area is 185 Å². The number of rotatable bonds is 6. The third-order valence-electron chi connectivity index (χ3n) is 5.47. The number of aromatic carboxylic acids is 1. The highest BCUT2D eigenvalue weighted by atomic mass is 16.4. The van der Waals surface area contributed by atoms with Gasteiger partial charge in [-0.3, -0.25) is 4.79 Å². The van der Waals surface area contributed by atoms with E-state index in [0.29, 0.717) is 17.2 Å². The van der Waals surface area contributed by atoms with Crippen molar-refractivity contribution in [1.82, 2.24) is 14.9 Å². The van der Waals surface area contributed by atoms with Crippen molar-refractivity contribution < 1.29 is 14.7 Å². The van der Waals surface area contributed by atoms with Gasteiger partial charge in [0.25, 0.3) is 5.91 Å². The van der Waals surface area contributed by atoms with Gasteiger partial charge in [0.15, 0.2) is 0 Å². The van der Waals surface area contributed by atoms with Gasteiger partial charge in [-0.1, -0.05) is 36.4 Å². The largest absolute Gasteiger partial charge is 0.478 e. The van der Waals surface area contributed by atoms with Crippen molar-refractivity contribution >= 4 is 34.3 Å². The summed E-state index contributed by atoms with van der Waals surface area (Å²) in [7, 11) is 1.86. The summed E-state index contributed by atoms with van der Waals surface area (Å²) in [6.07, 6.45) is 0. The predicted molar refractivity (Wildman–Crippen MR) is 124 cm³/mol. The van der Waals surface area contributed by atoms with E-state index in [9.17, 15) is 9.59 Å². The summed E-state index contributed by atoms with van der Waals surface area (Å²) in [6, 6.07) is 19.7. The minimum Gasteiger partial charge on any atom is -0.478 e. The van der Waals surface area contributed by atoms with Gasteiger partial charge in [-0.05, 0) is 49.7 Å². The molecule has 7 nitrogen and oxygen atoms in total. The number of carbonyl (C=O) groups is 2. The van der Waals surface area contributed by atoms with Crippen molar-refractivity contribution in [1.29, 1.82) is 0 Å². The summed E-state index contributed by atoms with van der Waals surface area (Å²) in [5, 5.41) is 16.4. The number of benzene rings is 2. The molecule has 2 aromatic heterocycles. The van der Waals surface area contributed by atoms with Crippen LogP contribution in [-0.2, 0) is 7.05 Å². The molecule has 0 bridgehead atoms. The number of aryl methyl sites for hydroxylation is 2. The molecule has 0 spiro atoms. The normalized spacial score (nSPS) is 11.8. The third kappa shape index (κ3) is 4.05. The summed E-state index contributed by atoms with van der Waals surface area (Å²) < 4.78 is 1.86. The quantitative estimate of drug-likeness (QED) is 0.409. The number of hydrogen-bond acceptors (Lipinski definition) is 4. The summed E-state index contributed by atoms with van der Waals surface area (Å²) in [6.45, 7) is 3.78. The molecule has 0 radical (unpaired) electrons. The van der Waals surface area contributed by atoms with E-state index in [1.165, 1.54) is 12.1 Å². The Bertz CT molecular complexity index is 1310. The van der Waals surface area contributed by atoms with Crippen molar-refractivity contribution in [2.75, 3.05) is 5.32 Å². The van der Waals surface area contributed by atoms with Crippen molar-refractivity contribution in [3.8, 4) is 0 Å². The fourth-order valence-corrected chi connectivity index (χ4v) is 3.79. The van der Waals surface area contributed by atoms with Crippen LogP contribution in [0.15, 0.2) is 66.7 Å². The number of carbonyl (C=O) groups excluding carboxylic acids is 1. The maximum absolute atomic E-state index is 13.4. The number of pyridine rings is 1.